The second-order valence-electron chi connectivity index (χ2n) is 22.4. The van der Waals surface area contributed by atoms with Crippen molar-refractivity contribution in [3.63, 3.8) is 0 Å². The zero-order valence-electron chi connectivity index (χ0n) is 49.0. The molecule has 4 saturated heterocycles. The summed E-state index contributed by atoms with van der Waals surface area (Å²) in [6.07, 6.45) is -15.4. The number of hydrogen-bond donors (Lipinski definition) is 7. The van der Waals surface area contributed by atoms with Crippen molar-refractivity contribution in [2.24, 2.45) is 17.6 Å². The molecule has 0 radical (unpaired) electrons. The molecule has 0 aliphatic carbocycles. The van der Waals surface area contributed by atoms with E-state index in [1.807, 2.05) is 4.98 Å². The van der Waals surface area contributed by atoms with Crippen molar-refractivity contribution < 1.29 is 109 Å². The summed E-state index contributed by atoms with van der Waals surface area (Å²) in [5.74, 6) is -5.29. The van der Waals surface area contributed by atoms with Crippen LogP contribution in [0.2, 0.25) is 0 Å². The van der Waals surface area contributed by atoms with E-state index in [9.17, 15) is 67.0 Å². The number of nitrogens with zero attached hydrogens (tertiary/aromatic N) is 3. The number of carboxylic acids is 1. The Bertz CT molecular complexity index is 2540. The number of nitrogens with two attached hydrogens (primary N) is 1. The van der Waals surface area contributed by atoms with Gasteiger partial charge < -0.3 is 78.4 Å². The first-order valence-corrected chi connectivity index (χ1v) is 29.7. The van der Waals surface area contributed by atoms with Crippen molar-refractivity contribution in [1.82, 2.24) is 19.4 Å². The summed E-state index contributed by atoms with van der Waals surface area (Å²) in [4.78, 5) is 98.0. The summed E-state index contributed by atoms with van der Waals surface area (Å²) in [6, 6.07) is -3.00. The number of unbranched alkanes of at least 4 members (excludes halogenated alkanes) is 7. The molecule has 31 heteroatoms. The highest BCUT2D eigenvalue weighted by Gasteiger charge is 2.59. The van der Waals surface area contributed by atoms with Gasteiger partial charge in [-0.25, -0.2) is 13.8 Å². The van der Waals surface area contributed by atoms with Crippen molar-refractivity contribution >= 4 is 40.2 Å². The number of carbonyl (C=O) groups is 5. The molecule has 5 heterocycles. The second-order valence-corrected chi connectivity index (χ2v) is 23.5. The fourth-order valence-electron chi connectivity index (χ4n) is 11.2. The monoisotopic (exact) mass is 1230 g/mol. The largest absolute Gasteiger partial charge is 0.480 e. The number of aliphatic hydroxyl groups is 3. The average molecular weight is 1230 g/mol. The third kappa shape index (κ3) is 19.0. The first-order valence-electron chi connectivity index (χ1n) is 28.3. The summed E-state index contributed by atoms with van der Waals surface area (Å²) >= 11 is 0. The number of ether oxygens (including phenoxy) is 10. The van der Waals surface area contributed by atoms with Gasteiger partial charge in [0, 0.05) is 66.6 Å². The molecule has 8 N–H and O–H groups in total. The van der Waals surface area contributed by atoms with Crippen LogP contribution in [0.1, 0.15) is 117 Å². The Labute approximate surface area is 487 Å². The number of aromatic nitrogens is 2. The van der Waals surface area contributed by atoms with Crippen LogP contribution in [0.3, 0.4) is 0 Å². The molecular weight excluding hydrogens is 1140 g/mol. The van der Waals surface area contributed by atoms with Gasteiger partial charge in [0.05, 0.1) is 12.5 Å². The van der Waals surface area contributed by atoms with Gasteiger partial charge in [0.15, 0.2) is 24.7 Å². The molecule has 84 heavy (non-hydrogen) atoms. The van der Waals surface area contributed by atoms with Crippen LogP contribution in [0.4, 0.5) is 0 Å². The number of H-pyrrole nitrogens is 1. The van der Waals surface area contributed by atoms with Crippen molar-refractivity contribution in [2.75, 3.05) is 48.5 Å². The van der Waals surface area contributed by atoms with E-state index in [1.165, 1.54) is 28.4 Å². The summed E-state index contributed by atoms with van der Waals surface area (Å²) in [5, 5.41) is 44.4. The van der Waals surface area contributed by atoms with Gasteiger partial charge in [-0.1, -0.05) is 72.1 Å². The lowest BCUT2D eigenvalue weighted by Gasteiger charge is -2.43. The van der Waals surface area contributed by atoms with Gasteiger partial charge in [-0.05, 0) is 38.6 Å². The fourth-order valence-corrected chi connectivity index (χ4v) is 11.7. The van der Waals surface area contributed by atoms with E-state index in [0.717, 1.165) is 75.6 Å². The first kappa shape index (κ1) is 70.2. The lowest BCUT2D eigenvalue weighted by atomic mass is 9.97. The Kier molecular flexibility index (Phi) is 27.1. The number of carbonyl (C=O) groups excluding carboxylic acids is 4. The van der Waals surface area contributed by atoms with E-state index in [2.05, 4.69) is 13.8 Å². The maximum Gasteiger partial charge on any atom is 0.397 e. The molecule has 4 aliphatic heterocycles. The Morgan fingerprint density at radius 2 is 1.36 bits per heavy atom. The maximum absolute atomic E-state index is 14.8. The molecule has 4 fully saturated rings. The molecular formula is C53H87N5O25S. The van der Waals surface area contributed by atoms with Crippen LogP contribution in [0.5, 0.6) is 0 Å². The molecule has 5 rings (SSSR count). The Morgan fingerprint density at radius 3 is 1.92 bits per heavy atom. The molecule has 1 aromatic rings. The van der Waals surface area contributed by atoms with Crippen molar-refractivity contribution in [2.45, 2.75) is 221 Å². The lowest BCUT2D eigenvalue weighted by Crippen LogP contribution is -2.59. The maximum atomic E-state index is 14.8. The molecule has 1 aromatic heterocycles. The van der Waals surface area contributed by atoms with E-state index >= 15 is 0 Å². The number of rotatable bonds is 32. The van der Waals surface area contributed by atoms with E-state index in [4.69, 9.17) is 57.3 Å². The number of aliphatic hydroxyl groups excluding tert-OH is 3. The Balaban J connectivity index is 1.37. The number of methoxy groups -OCH3 is 3. The molecule has 0 unspecified atom stereocenters. The summed E-state index contributed by atoms with van der Waals surface area (Å²) in [7, 11) is 1.19. The number of likely N-dealkylation sites (N-methyl/N-ethyl adjacent to an activating group) is 2. The predicted octanol–water partition coefficient (Wildman–Crippen LogP) is -0.481. The minimum atomic E-state index is -5.49. The van der Waals surface area contributed by atoms with Crippen LogP contribution in [0.25, 0.3) is 0 Å². The van der Waals surface area contributed by atoms with E-state index in [0.29, 0.717) is 21.8 Å². The third-order valence-electron chi connectivity index (χ3n) is 15.5. The molecule has 480 valence electrons. The van der Waals surface area contributed by atoms with E-state index in [1.54, 1.807) is 13.8 Å². The Hall–Kier alpha value is -4.58. The number of hydrogen-bond acceptors (Lipinski definition) is 25. The fraction of sp³-hybridized carbons (Fsp3) is 0.830. The van der Waals surface area contributed by atoms with Gasteiger partial charge in [0.2, 0.25) is 12.2 Å². The number of esters is 3. The summed E-state index contributed by atoms with van der Waals surface area (Å²) in [5.41, 5.74) is 3.63. The molecule has 0 saturated carbocycles. The molecule has 4 aliphatic rings. The topological polar surface area (TPSA) is 410 Å². The predicted molar refractivity (Wildman–Crippen MR) is 289 cm³/mol. The van der Waals surface area contributed by atoms with Gasteiger partial charge in [-0.2, -0.15) is 8.42 Å². The van der Waals surface area contributed by atoms with E-state index in [-0.39, 0.29) is 25.8 Å². The minimum absolute atomic E-state index is 0.184. The van der Waals surface area contributed by atoms with Crippen molar-refractivity contribution in [3.05, 3.63) is 33.1 Å². The molecule has 1 amide bonds. The number of nitrogens with one attached hydrogen (secondary N) is 1. The van der Waals surface area contributed by atoms with Gasteiger partial charge in [-0.15, -0.1) is 0 Å². The highest BCUT2D eigenvalue weighted by molar-refractivity contribution is 7.80. The second kappa shape index (κ2) is 32.4. The van der Waals surface area contributed by atoms with Crippen LogP contribution in [-0.2, 0) is 85.9 Å². The standard InChI is InChI=1S/C53H87N5O25S/c1-27(2)18-16-14-12-10-11-13-15-17-19-30(77-34(60)22-28(3)23-35(61)80-52-47(75-9)46(74-8)42(73-7)29(4)76-52)24-36(62)78-32-26-56(5)38(48(66)57(6)37(32)50(67)68)43(82-51-40(64)39(63)31(25-54)79-51)44-41(65)45(83-84(70,71)72)49(81-44)58-21-20-33(59)55-53(58)69/h20-21,27-32,37-47,49,51-52,63-65H,10-19,22-26,54H2,1-9H3,(H,67,68)(H,55,59,69)(H,70,71,72)/t28-,29-,30-,31+,32-,37-,38-,39+,40+,41+,42-,43-,44-,45+,46+,47+,49+,51-,52-/m0/s1. The van der Waals surface area contributed by atoms with Crippen LogP contribution < -0.4 is 17.0 Å². The van der Waals surface area contributed by atoms with Gasteiger partial charge in [0.25, 0.3) is 5.56 Å². The number of aliphatic carboxylic acids is 1. The zero-order chi connectivity index (χ0) is 62.3. The highest BCUT2D eigenvalue weighted by atomic mass is 32.3. The Morgan fingerprint density at radius 1 is 0.762 bits per heavy atom. The smallest absolute Gasteiger partial charge is 0.397 e. The third-order valence-corrected chi connectivity index (χ3v) is 16.0. The number of amides is 1. The minimum Gasteiger partial charge on any atom is -0.480 e. The van der Waals surface area contributed by atoms with Crippen molar-refractivity contribution in [3.8, 4) is 0 Å². The van der Waals surface area contributed by atoms with Gasteiger partial charge in [-0.3, -0.25) is 43.0 Å². The van der Waals surface area contributed by atoms with Gasteiger partial charge in [0.1, 0.15) is 73.2 Å². The summed E-state index contributed by atoms with van der Waals surface area (Å²) in [6.45, 7) is 6.76. The van der Waals surface area contributed by atoms with E-state index < -0.39 is 181 Å². The van der Waals surface area contributed by atoms with Crippen LogP contribution >= 0.6 is 0 Å². The molecule has 0 aromatic carbocycles. The molecule has 19 atom stereocenters. The highest BCUT2D eigenvalue weighted by Crippen LogP contribution is 2.39. The van der Waals surface area contributed by atoms with Crippen molar-refractivity contribution in [1.29, 1.82) is 0 Å². The zero-order valence-corrected chi connectivity index (χ0v) is 49.9. The quantitative estimate of drug-likeness (QED) is 0.0207. The normalized spacial score (nSPS) is 31.6. The van der Waals surface area contributed by atoms with Crippen LogP contribution in [0.15, 0.2) is 21.9 Å². The average Bonchev–Trinajstić information content (AvgIpc) is 1.95. The van der Waals surface area contributed by atoms with Gasteiger partial charge >= 0.3 is 40.0 Å². The SMILES string of the molecule is CO[C@@H]1[C@@H](OC)[C@H](C)O[C@@H](OC(=O)C[C@@H](C)CC(=O)O[C@@H](CCCCCCCCCCC(C)C)CC(=O)O[C@H]2CN(C)[C@@H]([C@H](O[C@@H]3O[C@H](CN)[C@@H](O)[C@H]3O)[C@H]3O[C@@H](n4ccc(=O)[nH]c4=O)[C@H](OS(=O)(=O)O)[C@@H]3O)C(=O)N(C)[C@@H]2C(=O)O)[C@@H]1OC. The van der Waals surface area contributed by atoms with Crippen LogP contribution in [0, 0.1) is 11.8 Å². The first-order chi connectivity index (χ1) is 39.6. The van der Waals surface area contributed by atoms with Crippen LogP contribution in [-0.4, -0.2) is 235 Å². The molecule has 0 spiro atoms. The summed E-state index contributed by atoms with van der Waals surface area (Å²) < 4.78 is 97.4. The molecule has 30 nitrogen and oxygen atoms in total. The number of carboxylic acid groups (broad SMARTS) is 1. The number of aromatic amines is 1. The molecule has 0 bridgehead atoms. The lowest BCUT2D eigenvalue weighted by molar-refractivity contribution is -0.297.